The van der Waals surface area contributed by atoms with Gasteiger partial charge in [-0.2, -0.15) is 0 Å². The minimum atomic E-state index is 0.0734. The molecule has 0 fully saturated rings. The molecule has 0 saturated carbocycles. The fourth-order valence-electron chi connectivity index (χ4n) is 1.42. The molecule has 0 aliphatic heterocycles. The Morgan fingerprint density at radius 1 is 1.18 bits per heavy atom. The van der Waals surface area contributed by atoms with Gasteiger partial charge in [0, 0.05) is 22.8 Å². The quantitative estimate of drug-likeness (QED) is 0.845. The van der Waals surface area contributed by atoms with E-state index < -0.39 is 0 Å². The van der Waals surface area contributed by atoms with Crippen molar-refractivity contribution in [2.75, 3.05) is 0 Å². The molecule has 0 spiro atoms. The highest BCUT2D eigenvalue weighted by molar-refractivity contribution is 7.99. The molecule has 0 amide bonds. The summed E-state index contributed by atoms with van der Waals surface area (Å²) in [5.74, 6) is 0. The Morgan fingerprint density at radius 3 is 2.47 bits per heavy atom. The molecular formula is C13H15N3S. The van der Waals surface area contributed by atoms with Crippen LogP contribution in [0.4, 0.5) is 0 Å². The first-order valence-electron chi connectivity index (χ1n) is 5.48. The van der Waals surface area contributed by atoms with Gasteiger partial charge >= 0.3 is 0 Å². The van der Waals surface area contributed by atoms with Gasteiger partial charge in [0.1, 0.15) is 0 Å². The lowest BCUT2D eigenvalue weighted by molar-refractivity contribution is 0.817. The van der Waals surface area contributed by atoms with E-state index in [1.165, 1.54) is 0 Å². The van der Waals surface area contributed by atoms with E-state index in [2.05, 4.69) is 22.1 Å². The number of aryl methyl sites for hydroxylation is 1. The topological polar surface area (TPSA) is 51.8 Å². The molecule has 2 rings (SSSR count). The van der Waals surface area contributed by atoms with Crippen molar-refractivity contribution in [3.05, 3.63) is 47.8 Å². The molecule has 2 aromatic rings. The van der Waals surface area contributed by atoms with E-state index in [1.807, 2.05) is 32.0 Å². The highest BCUT2D eigenvalue weighted by Crippen LogP contribution is 2.25. The van der Waals surface area contributed by atoms with Crippen LogP contribution in [0.25, 0.3) is 0 Å². The van der Waals surface area contributed by atoms with Crippen molar-refractivity contribution in [3.63, 3.8) is 0 Å². The summed E-state index contributed by atoms with van der Waals surface area (Å²) in [7, 11) is 0. The third kappa shape index (κ3) is 3.28. The summed E-state index contributed by atoms with van der Waals surface area (Å²) in [4.78, 5) is 9.70. The third-order valence-corrected chi connectivity index (χ3v) is 3.27. The number of nitrogens with two attached hydrogens (primary N) is 1. The predicted octanol–water partition coefficient (Wildman–Crippen LogP) is 2.96. The van der Waals surface area contributed by atoms with Gasteiger partial charge in [-0.1, -0.05) is 12.1 Å². The molecule has 1 heterocycles. The molecular weight excluding hydrogens is 230 g/mol. The van der Waals surface area contributed by atoms with Gasteiger partial charge in [0.25, 0.3) is 0 Å². The summed E-state index contributed by atoms with van der Waals surface area (Å²) in [6, 6.07) is 10.2. The van der Waals surface area contributed by atoms with Crippen LogP contribution in [-0.4, -0.2) is 9.97 Å². The summed E-state index contributed by atoms with van der Waals surface area (Å²) in [6.45, 7) is 3.94. The van der Waals surface area contributed by atoms with Crippen LogP contribution < -0.4 is 5.73 Å². The van der Waals surface area contributed by atoms with Gasteiger partial charge in [-0.3, -0.25) is 0 Å². The zero-order chi connectivity index (χ0) is 12.3. The SMILES string of the molecule is Cc1ccnc(Sc2ccc(C(C)N)cc2)n1. The maximum absolute atomic E-state index is 5.80. The average molecular weight is 245 g/mol. The lowest BCUT2D eigenvalue weighted by Gasteiger charge is -2.06. The van der Waals surface area contributed by atoms with E-state index in [-0.39, 0.29) is 6.04 Å². The molecule has 3 nitrogen and oxygen atoms in total. The van der Waals surface area contributed by atoms with E-state index in [4.69, 9.17) is 5.73 Å². The first kappa shape index (κ1) is 12.1. The van der Waals surface area contributed by atoms with Crippen molar-refractivity contribution in [2.45, 2.75) is 29.9 Å². The molecule has 0 bridgehead atoms. The van der Waals surface area contributed by atoms with Crippen molar-refractivity contribution in [2.24, 2.45) is 5.73 Å². The molecule has 0 radical (unpaired) electrons. The molecule has 0 saturated heterocycles. The summed E-state index contributed by atoms with van der Waals surface area (Å²) in [5.41, 5.74) is 7.92. The molecule has 1 unspecified atom stereocenters. The number of hydrogen-bond acceptors (Lipinski definition) is 4. The maximum Gasteiger partial charge on any atom is 0.192 e. The third-order valence-electron chi connectivity index (χ3n) is 2.39. The Bertz CT molecular complexity index is 494. The monoisotopic (exact) mass is 245 g/mol. The zero-order valence-corrected chi connectivity index (χ0v) is 10.7. The van der Waals surface area contributed by atoms with Crippen LogP contribution in [0.1, 0.15) is 24.2 Å². The van der Waals surface area contributed by atoms with Crippen LogP contribution in [0.5, 0.6) is 0 Å². The second kappa shape index (κ2) is 5.29. The molecule has 17 heavy (non-hydrogen) atoms. The summed E-state index contributed by atoms with van der Waals surface area (Å²) in [6.07, 6.45) is 1.78. The van der Waals surface area contributed by atoms with Crippen LogP contribution >= 0.6 is 11.8 Å². The lowest BCUT2D eigenvalue weighted by Crippen LogP contribution is -2.04. The van der Waals surface area contributed by atoms with Gasteiger partial charge < -0.3 is 5.73 Å². The van der Waals surface area contributed by atoms with E-state index >= 15 is 0 Å². The van der Waals surface area contributed by atoms with Crippen LogP contribution in [0, 0.1) is 6.92 Å². The molecule has 1 atom stereocenters. The number of benzene rings is 1. The van der Waals surface area contributed by atoms with Crippen LogP contribution in [0.2, 0.25) is 0 Å². The molecule has 0 aliphatic rings. The van der Waals surface area contributed by atoms with Crippen molar-refractivity contribution >= 4 is 11.8 Å². The Labute approximate surface area is 105 Å². The Kier molecular flexibility index (Phi) is 3.76. The molecule has 88 valence electrons. The van der Waals surface area contributed by atoms with E-state index in [1.54, 1.807) is 18.0 Å². The first-order chi connectivity index (χ1) is 8.15. The Balaban J connectivity index is 2.14. The summed E-state index contributed by atoms with van der Waals surface area (Å²) >= 11 is 1.56. The van der Waals surface area contributed by atoms with Gasteiger partial charge in [0.2, 0.25) is 0 Å². The highest BCUT2D eigenvalue weighted by Gasteiger charge is 2.02. The lowest BCUT2D eigenvalue weighted by atomic mass is 10.1. The van der Waals surface area contributed by atoms with Crippen LogP contribution in [-0.2, 0) is 0 Å². The second-order valence-electron chi connectivity index (χ2n) is 3.94. The molecule has 4 heteroatoms. The minimum absolute atomic E-state index is 0.0734. The zero-order valence-electron chi connectivity index (χ0n) is 9.92. The fraction of sp³-hybridized carbons (Fsp3) is 0.231. The number of nitrogens with zero attached hydrogens (tertiary/aromatic N) is 2. The van der Waals surface area contributed by atoms with E-state index in [9.17, 15) is 0 Å². The largest absolute Gasteiger partial charge is 0.324 e. The van der Waals surface area contributed by atoms with Crippen LogP contribution in [0.3, 0.4) is 0 Å². The average Bonchev–Trinajstić information content (AvgIpc) is 2.29. The predicted molar refractivity (Wildman–Crippen MR) is 69.9 cm³/mol. The Morgan fingerprint density at radius 2 is 1.88 bits per heavy atom. The summed E-state index contributed by atoms with van der Waals surface area (Å²) < 4.78 is 0. The fourth-order valence-corrected chi connectivity index (χ4v) is 2.21. The van der Waals surface area contributed by atoms with Gasteiger partial charge in [-0.15, -0.1) is 0 Å². The summed E-state index contributed by atoms with van der Waals surface area (Å²) in [5, 5.41) is 0.776. The van der Waals surface area contributed by atoms with E-state index in [0.29, 0.717) is 0 Å². The van der Waals surface area contributed by atoms with Gasteiger partial charge in [0.15, 0.2) is 5.16 Å². The highest BCUT2D eigenvalue weighted by atomic mass is 32.2. The first-order valence-corrected chi connectivity index (χ1v) is 6.30. The smallest absolute Gasteiger partial charge is 0.192 e. The standard InChI is InChI=1S/C13H15N3S/c1-9-7-8-15-13(16-9)17-12-5-3-11(4-6-12)10(2)14/h3-8,10H,14H2,1-2H3. The Hall–Kier alpha value is -1.39. The maximum atomic E-state index is 5.80. The molecule has 0 aliphatic carbocycles. The van der Waals surface area contributed by atoms with Gasteiger partial charge in [-0.25, -0.2) is 9.97 Å². The number of hydrogen-bond donors (Lipinski definition) is 1. The van der Waals surface area contributed by atoms with Gasteiger partial charge in [-0.05, 0) is 49.4 Å². The van der Waals surface area contributed by atoms with Crippen molar-refractivity contribution in [3.8, 4) is 0 Å². The van der Waals surface area contributed by atoms with Crippen molar-refractivity contribution < 1.29 is 0 Å². The van der Waals surface area contributed by atoms with E-state index in [0.717, 1.165) is 21.3 Å². The molecule has 1 aromatic carbocycles. The molecule has 2 N–H and O–H groups in total. The number of aromatic nitrogens is 2. The van der Waals surface area contributed by atoms with Crippen molar-refractivity contribution in [1.29, 1.82) is 0 Å². The van der Waals surface area contributed by atoms with Crippen molar-refractivity contribution in [1.82, 2.24) is 9.97 Å². The van der Waals surface area contributed by atoms with Crippen LogP contribution in [0.15, 0.2) is 46.6 Å². The number of rotatable bonds is 3. The minimum Gasteiger partial charge on any atom is -0.324 e. The normalized spacial score (nSPS) is 12.4. The van der Waals surface area contributed by atoms with Gasteiger partial charge in [0.05, 0.1) is 0 Å². The second-order valence-corrected chi connectivity index (χ2v) is 4.98. The molecule has 1 aromatic heterocycles.